The highest BCUT2D eigenvalue weighted by atomic mass is 35.5. The second-order valence-corrected chi connectivity index (χ2v) is 6.31. The molecule has 1 aromatic heterocycles. The molecular weight excluding hydrogens is 366 g/mol. The van der Waals surface area contributed by atoms with Gasteiger partial charge in [0.15, 0.2) is 11.5 Å². The van der Waals surface area contributed by atoms with Crippen LogP contribution in [0, 0.1) is 0 Å². The summed E-state index contributed by atoms with van der Waals surface area (Å²) in [6, 6.07) is 14.7. The number of benzene rings is 2. The molecule has 6 nitrogen and oxygen atoms in total. The Morgan fingerprint density at radius 3 is 2.67 bits per heavy atom. The zero-order chi connectivity index (χ0) is 19.2. The second-order valence-electron chi connectivity index (χ2n) is 5.87. The van der Waals surface area contributed by atoms with Gasteiger partial charge in [0.2, 0.25) is 0 Å². The molecule has 0 saturated heterocycles. The summed E-state index contributed by atoms with van der Waals surface area (Å²) in [6.07, 6.45) is 0.668. The quantitative estimate of drug-likeness (QED) is 0.649. The van der Waals surface area contributed by atoms with E-state index in [2.05, 4.69) is 15.5 Å². The molecule has 0 aliphatic rings. The average molecular weight is 386 g/mol. The first-order chi connectivity index (χ1) is 13.1. The van der Waals surface area contributed by atoms with E-state index < -0.39 is 0 Å². The Balaban J connectivity index is 1.59. The summed E-state index contributed by atoms with van der Waals surface area (Å²) in [6.45, 7) is 0.486. The average Bonchev–Trinajstić information content (AvgIpc) is 3.18. The van der Waals surface area contributed by atoms with Gasteiger partial charge in [0, 0.05) is 17.1 Å². The molecule has 3 rings (SSSR count). The first-order valence-electron chi connectivity index (χ1n) is 8.41. The van der Waals surface area contributed by atoms with E-state index in [0.717, 1.165) is 11.1 Å². The van der Waals surface area contributed by atoms with Crippen molar-refractivity contribution in [1.82, 2.24) is 15.5 Å². The van der Waals surface area contributed by atoms with Gasteiger partial charge in [0.1, 0.15) is 5.69 Å². The lowest BCUT2D eigenvalue weighted by Crippen LogP contribution is -2.26. The number of halogens is 1. The molecule has 0 unspecified atom stereocenters. The largest absolute Gasteiger partial charge is 0.493 e. The Morgan fingerprint density at radius 1 is 1.11 bits per heavy atom. The number of amides is 1. The normalized spacial score (nSPS) is 10.5. The van der Waals surface area contributed by atoms with Crippen LogP contribution in [0.4, 0.5) is 0 Å². The number of nitrogens with zero attached hydrogens (tertiary/aromatic N) is 1. The minimum atomic E-state index is -0.212. The van der Waals surface area contributed by atoms with Crippen LogP contribution in [0.2, 0.25) is 5.02 Å². The lowest BCUT2D eigenvalue weighted by Gasteiger charge is -2.09. The van der Waals surface area contributed by atoms with E-state index in [1.165, 1.54) is 0 Å². The molecule has 7 heteroatoms. The molecule has 3 aromatic rings. The Kier molecular flexibility index (Phi) is 5.98. The highest BCUT2D eigenvalue weighted by Crippen LogP contribution is 2.27. The van der Waals surface area contributed by atoms with Crippen molar-refractivity contribution in [2.24, 2.45) is 0 Å². The molecule has 2 aromatic carbocycles. The number of H-pyrrole nitrogens is 1. The van der Waals surface area contributed by atoms with Crippen LogP contribution in [0.3, 0.4) is 0 Å². The maximum atomic E-state index is 12.3. The summed E-state index contributed by atoms with van der Waals surface area (Å²) in [5, 5.41) is 10.4. The van der Waals surface area contributed by atoms with Crippen LogP contribution >= 0.6 is 11.6 Å². The molecule has 0 fully saturated rings. The van der Waals surface area contributed by atoms with Gasteiger partial charge < -0.3 is 14.8 Å². The third-order valence-electron chi connectivity index (χ3n) is 4.09. The molecule has 0 aliphatic carbocycles. The Morgan fingerprint density at radius 2 is 1.93 bits per heavy atom. The van der Waals surface area contributed by atoms with Gasteiger partial charge in [-0.3, -0.25) is 9.89 Å². The van der Waals surface area contributed by atoms with E-state index in [4.69, 9.17) is 21.1 Å². The number of rotatable bonds is 7. The van der Waals surface area contributed by atoms with Crippen molar-refractivity contribution in [3.63, 3.8) is 0 Å². The number of carbonyl (C=O) groups excluding carboxylic acids is 1. The van der Waals surface area contributed by atoms with Crippen molar-refractivity contribution >= 4 is 17.5 Å². The van der Waals surface area contributed by atoms with Crippen LogP contribution in [0.5, 0.6) is 11.5 Å². The number of hydrogen-bond acceptors (Lipinski definition) is 4. The van der Waals surface area contributed by atoms with Gasteiger partial charge in [-0.2, -0.15) is 5.10 Å². The van der Waals surface area contributed by atoms with Crippen molar-refractivity contribution < 1.29 is 14.3 Å². The third-order valence-corrected chi connectivity index (χ3v) is 4.33. The Labute approximate surface area is 162 Å². The van der Waals surface area contributed by atoms with Gasteiger partial charge in [-0.15, -0.1) is 0 Å². The minimum Gasteiger partial charge on any atom is -0.493 e. The Hall–Kier alpha value is -2.99. The highest BCUT2D eigenvalue weighted by molar-refractivity contribution is 6.30. The van der Waals surface area contributed by atoms with Gasteiger partial charge >= 0.3 is 0 Å². The number of carbonyl (C=O) groups is 1. The number of methoxy groups -OCH3 is 2. The molecule has 0 radical (unpaired) electrons. The van der Waals surface area contributed by atoms with E-state index in [-0.39, 0.29) is 5.91 Å². The van der Waals surface area contributed by atoms with Crippen LogP contribution in [0.15, 0.2) is 48.5 Å². The second kappa shape index (κ2) is 8.60. The fraction of sp³-hybridized carbons (Fsp3) is 0.200. The van der Waals surface area contributed by atoms with Gasteiger partial charge in [-0.1, -0.05) is 29.8 Å². The maximum absolute atomic E-state index is 12.3. The number of nitrogens with one attached hydrogen (secondary N) is 2. The summed E-state index contributed by atoms with van der Waals surface area (Å²) >= 11 is 6.00. The highest BCUT2D eigenvalue weighted by Gasteiger charge is 2.11. The molecule has 0 aliphatic heterocycles. The third kappa shape index (κ3) is 4.60. The van der Waals surface area contributed by atoms with Crippen LogP contribution in [-0.4, -0.2) is 36.9 Å². The zero-order valence-corrected chi connectivity index (χ0v) is 15.8. The Bertz CT molecular complexity index is 940. The van der Waals surface area contributed by atoms with Gasteiger partial charge in [-0.05, 0) is 42.3 Å². The molecule has 0 atom stereocenters. The van der Waals surface area contributed by atoms with Gasteiger partial charge in [-0.25, -0.2) is 0 Å². The molecular formula is C20H20ClN3O3. The van der Waals surface area contributed by atoms with Crippen molar-refractivity contribution in [3.05, 3.63) is 64.8 Å². The number of hydrogen-bond donors (Lipinski definition) is 2. The van der Waals surface area contributed by atoms with Gasteiger partial charge in [0.25, 0.3) is 5.91 Å². The summed E-state index contributed by atoms with van der Waals surface area (Å²) < 4.78 is 10.5. The van der Waals surface area contributed by atoms with E-state index in [0.29, 0.717) is 40.9 Å². The summed E-state index contributed by atoms with van der Waals surface area (Å²) in [7, 11) is 3.19. The van der Waals surface area contributed by atoms with E-state index in [9.17, 15) is 4.79 Å². The fourth-order valence-electron chi connectivity index (χ4n) is 2.69. The SMILES string of the molecule is COc1ccc(CCNC(=O)c2cc(-c3cccc(Cl)c3)n[nH]2)cc1OC. The maximum Gasteiger partial charge on any atom is 0.269 e. The summed E-state index contributed by atoms with van der Waals surface area (Å²) in [4.78, 5) is 12.3. The van der Waals surface area contributed by atoms with Crippen LogP contribution in [0.1, 0.15) is 16.1 Å². The van der Waals surface area contributed by atoms with Crippen molar-refractivity contribution in [2.75, 3.05) is 20.8 Å². The fourth-order valence-corrected chi connectivity index (χ4v) is 2.88. The molecule has 140 valence electrons. The minimum absolute atomic E-state index is 0.212. The van der Waals surface area contributed by atoms with Crippen LogP contribution in [0.25, 0.3) is 11.3 Å². The molecule has 0 bridgehead atoms. The first-order valence-corrected chi connectivity index (χ1v) is 8.79. The molecule has 0 saturated carbocycles. The van der Waals surface area contributed by atoms with Crippen molar-refractivity contribution in [3.8, 4) is 22.8 Å². The molecule has 1 heterocycles. The predicted octanol–water partition coefficient (Wildman–Crippen LogP) is 3.72. The zero-order valence-electron chi connectivity index (χ0n) is 15.1. The lowest BCUT2D eigenvalue weighted by atomic mass is 10.1. The van der Waals surface area contributed by atoms with Crippen molar-refractivity contribution in [1.29, 1.82) is 0 Å². The van der Waals surface area contributed by atoms with Gasteiger partial charge in [0.05, 0.1) is 19.9 Å². The molecule has 2 N–H and O–H groups in total. The van der Waals surface area contributed by atoms with Crippen molar-refractivity contribution in [2.45, 2.75) is 6.42 Å². The molecule has 0 spiro atoms. The number of ether oxygens (including phenoxy) is 2. The standard InChI is InChI=1S/C20H20ClN3O3/c1-26-18-7-6-13(10-19(18)27-2)8-9-22-20(25)17-12-16(23-24-17)14-4-3-5-15(21)11-14/h3-7,10-12H,8-9H2,1-2H3,(H,22,25)(H,23,24). The van der Waals surface area contributed by atoms with E-state index in [1.807, 2.05) is 30.3 Å². The van der Waals surface area contributed by atoms with Crippen LogP contribution in [-0.2, 0) is 6.42 Å². The lowest BCUT2D eigenvalue weighted by molar-refractivity contribution is 0.0949. The smallest absolute Gasteiger partial charge is 0.269 e. The summed E-state index contributed by atoms with van der Waals surface area (Å²) in [5.74, 6) is 1.13. The monoisotopic (exact) mass is 385 g/mol. The first kappa shape index (κ1) is 18.8. The van der Waals surface area contributed by atoms with Crippen LogP contribution < -0.4 is 14.8 Å². The summed E-state index contributed by atoms with van der Waals surface area (Å²) in [5.41, 5.74) is 2.96. The molecule has 27 heavy (non-hydrogen) atoms. The molecule has 1 amide bonds. The predicted molar refractivity (Wildman–Crippen MR) is 105 cm³/mol. The topological polar surface area (TPSA) is 76.2 Å². The van der Waals surface area contributed by atoms with E-state index >= 15 is 0 Å². The number of aromatic nitrogens is 2. The van der Waals surface area contributed by atoms with E-state index in [1.54, 1.807) is 32.4 Å². The number of aromatic amines is 1.